The Balaban J connectivity index is 1.87. The summed E-state index contributed by atoms with van der Waals surface area (Å²) in [5, 5.41) is 9.44. The molecule has 0 atom stereocenters. The van der Waals surface area contributed by atoms with Gasteiger partial charge in [0.2, 0.25) is 0 Å². The summed E-state index contributed by atoms with van der Waals surface area (Å²) in [6.07, 6.45) is 1.34. The van der Waals surface area contributed by atoms with Gasteiger partial charge in [-0.25, -0.2) is 4.79 Å². The van der Waals surface area contributed by atoms with Gasteiger partial charge in [-0.15, -0.1) is 0 Å². The molecule has 0 fully saturated rings. The first-order valence-corrected chi connectivity index (χ1v) is 7.04. The van der Waals surface area contributed by atoms with Gasteiger partial charge in [-0.3, -0.25) is 4.79 Å². The molecule has 1 aromatic carbocycles. The fourth-order valence-electron chi connectivity index (χ4n) is 2.24. The fraction of sp³-hybridized carbons (Fsp3) is 0.200. The first-order chi connectivity index (χ1) is 11.1. The van der Waals surface area contributed by atoms with Crippen molar-refractivity contribution in [3.05, 3.63) is 62.5 Å². The van der Waals surface area contributed by atoms with E-state index < -0.39 is 11.5 Å². The van der Waals surface area contributed by atoms with Crippen molar-refractivity contribution in [2.45, 2.75) is 13.2 Å². The Hall–Kier alpha value is -2.51. The van der Waals surface area contributed by atoms with E-state index in [1.165, 1.54) is 18.3 Å². The number of halogens is 1. The van der Waals surface area contributed by atoms with Crippen molar-refractivity contribution in [1.29, 1.82) is 0 Å². The molecule has 120 valence electrons. The van der Waals surface area contributed by atoms with Crippen LogP contribution in [0, 0.1) is 0 Å². The maximum Gasteiger partial charge on any atom is 0.341 e. The van der Waals surface area contributed by atoms with Crippen LogP contribution in [-0.4, -0.2) is 22.6 Å². The standard InChI is InChI=1S/C15H12ClNO6/c16-11-4-9-6-21-8-22-13(9)10(5-11)7-23-17-3-1-2-12(14(17)18)15(19)20/h1-5H,6-8H2,(H,19,20). The smallest absolute Gasteiger partial charge is 0.341 e. The molecule has 0 unspecified atom stereocenters. The predicted octanol–water partition coefficient (Wildman–Crippen LogP) is 1.70. The lowest BCUT2D eigenvalue weighted by molar-refractivity contribution is -0.0187. The minimum atomic E-state index is -1.31. The molecule has 1 aromatic heterocycles. The van der Waals surface area contributed by atoms with Crippen LogP contribution in [0.4, 0.5) is 0 Å². The summed E-state index contributed by atoms with van der Waals surface area (Å²) in [6, 6.07) is 6.03. The molecule has 1 aliphatic heterocycles. The van der Waals surface area contributed by atoms with E-state index in [0.29, 0.717) is 22.9 Å². The van der Waals surface area contributed by atoms with Crippen LogP contribution < -0.4 is 15.1 Å². The van der Waals surface area contributed by atoms with Gasteiger partial charge in [0.15, 0.2) is 6.79 Å². The highest BCUT2D eigenvalue weighted by Gasteiger charge is 2.17. The largest absolute Gasteiger partial charge is 0.477 e. The second-order valence-electron chi connectivity index (χ2n) is 4.80. The van der Waals surface area contributed by atoms with Gasteiger partial charge in [-0.2, -0.15) is 4.73 Å². The quantitative estimate of drug-likeness (QED) is 0.913. The van der Waals surface area contributed by atoms with Crippen molar-refractivity contribution < 1.29 is 24.2 Å². The summed E-state index contributed by atoms with van der Waals surface area (Å²) in [7, 11) is 0. The first kappa shape index (κ1) is 15.4. The van der Waals surface area contributed by atoms with Crippen molar-refractivity contribution in [2.75, 3.05) is 6.79 Å². The summed E-state index contributed by atoms with van der Waals surface area (Å²) in [6.45, 7) is 0.485. The number of benzene rings is 1. The summed E-state index contributed by atoms with van der Waals surface area (Å²) < 4.78 is 11.5. The lowest BCUT2D eigenvalue weighted by Gasteiger charge is -2.21. The molecule has 23 heavy (non-hydrogen) atoms. The van der Waals surface area contributed by atoms with E-state index in [-0.39, 0.29) is 19.0 Å². The SMILES string of the molecule is O=C(O)c1cccn(OCc2cc(Cl)cc3c2OCOC3)c1=O. The highest BCUT2D eigenvalue weighted by Crippen LogP contribution is 2.31. The van der Waals surface area contributed by atoms with Gasteiger partial charge in [-0.1, -0.05) is 11.6 Å². The topological polar surface area (TPSA) is 87.0 Å². The van der Waals surface area contributed by atoms with Crippen LogP contribution in [0.2, 0.25) is 5.02 Å². The number of aromatic nitrogens is 1. The molecule has 2 aromatic rings. The minimum absolute atomic E-state index is 0.00806. The molecule has 3 rings (SSSR count). The zero-order chi connectivity index (χ0) is 16.4. The Labute approximate surface area is 135 Å². The zero-order valence-corrected chi connectivity index (χ0v) is 12.6. The normalized spacial score (nSPS) is 13.1. The zero-order valence-electron chi connectivity index (χ0n) is 11.8. The van der Waals surface area contributed by atoms with Crippen LogP contribution in [-0.2, 0) is 18.0 Å². The molecule has 0 spiro atoms. The van der Waals surface area contributed by atoms with E-state index in [0.717, 1.165) is 10.3 Å². The Bertz CT molecular complexity index is 816. The van der Waals surface area contributed by atoms with Crippen LogP contribution in [0.15, 0.2) is 35.3 Å². The number of carboxylic acids is 1. The molecule has 0 saturated heterocycles. The number of fused-ring (bicyclic) bond motifs is 1. The molecule has 1 aliphatic rings. The van der Waals surface area contributed by atoms with E-state index >= 15 is 0 Å². The van der Waals surface area contributed by atoms with E-state index in [9.17, 15) is 9.59 Å². The average Bonchev–Trinajstić information content (AvgIpc) is 2.53. The maximum absolute atomic E-state index is 12.0. The lowest BCUT2D eigenvalue weighted by atomic mass is 10.1. The molecule has 0 aliphatic carbocycles. The van der Waals surface area contributed by atoms with Crippen molar-refractivity contribution in [3.8, 4) is 5.75 Å². The Morgan fingerprint density at radius 1 is 1.43 bits per heavy atom. The number of ether oxygens (including phenoxy) is 2. The summed E-state index contributed by atoms with van der Waals surface area (Å²) in [4.78, 5) is 28.3. The number of nitrogens with zero attached hydrogens (tertiary/aromatic N) is 1. The van der Waals surface area contributed by atoms with Crippen LogP contribution in [0.3, 0.4) is 0 Å². The van der Waals surface area contributed by atoms with E-state index in [1.54, 1.807) is 12.1 Å². The van der Waals surface area contributed by atoms with Crippen LogP contribution in [0.1, 0.15) is 21.5 Å². The third-order valence-electron chi connectivity index (χ3n) is 3.26. The predicted molar refractivity (Wildman–Crippen MR) is 79.7 cm³/mol. The molecule has 0 amide bonds. The van der Waals surface area contributed by atoms with Gasteiger partial charge in [0.1, 0.15) is 17.9 Å². The third-order valence-corrected chi connectivity index (χ3v) is 3.47. The molecule has 1 N–H and O–H groups in total. The molecular formula is C15H12ClNO6. The van der Waals surface area contributed by atoms with Gasteiger partial charge in [0.25, 0.3) is 5.56 Å². The Morgan fingerprint density at radius 2 is 2.26 bits per heavy atom. The average molecular weight is 338 g/mol. The van der Waals surface area contributed by atoms with Crippen LogP contribution in [0.25, 0.3) is 0 Å². The highest BCUT2D eigenvalue weighted by atomic mass is 35.5. The molecule has 0 saturated carbocycles. The van der Waals surface area contributed by atoms with E-state index in [2.05, 4.69) is 0 Å². The second kappa shape index (κ2) is 6.31. The summed E-state index contributed by atoms with van der Waals surface area (Å²) in [5.41, 5.74) is 0.308. The van der Waals surface area contributed by atoms with E-state index in [1.807, 2.05) is 0 Å². The molecular weight excluding hydrogens is 326 g/mol. The number of aromatic carboxylic acids is 1. The van der Waals surface area contributed by atoms with Gasteiger partial charge in [-0.05, 0) is 24.3 Å². The number of hydrogen-bond donors (Lipinski definition) is 1. The van der Waals surface area contributed by atoms with Gasteiger partial charge < -0.3 is 19.4 Å². The molecule has 2 heterocycles. The van der Waals surface area contributed by atoms with Crippen LogP contribution in [0.5, 0.6) is 5.75 Å². The maximum atomic E-state index is 12.0. The Kier molecular flexibility index (Phi) is 4.22. The van der Waals surface area contributed by atoms with Crippen molar-refractivity contribution in [2.24, 2.45) is 0 Å². The minimum Gasteiger partial charge on any atom is -0.477 e. The Morgan fingerprint density at radius 3 is 3.04 bits per heavy atom. The lowest BCUT2D eigenvalue weighted by Crippen LogP contribution is -2.30. The number of pyridine rings is 1. The van der Waals surface area contributed by atoms with Crippen molar-refractivity contribution >= 4 is 17.6 Å². The van der Waals surface area contributed by atoms with Crippen molar-refractivity contribution in [1.82, 2.24) is 4.73 Å². The third kappa shape index (κ3) is 3.15. The molecule has 8 heteroatoms. The summed E-state index contributed by atoms with van der Waals surface area (Å²) >= 11 is 6.05. The van der Waals surface area contributed by atoms with Crippen LogP contribution >= 0.6 is 11.6 Å². The van der Waals surface area contributed by atoms with Gasteiger partial charge in [0, 0.05) is 22.3 Å². The summed E-state index contributed by atoms with van der Waals surface area (Å²) in [5.74, 6) is -0.711. The van der Waals surface area contributed by atoms with E-state index in [4.69, 9.17) is 31.0 Å². The first-order valence-electron chi connectivity index (χ1n) is 6.66. The number of hydrogen-bond acceptors (Lipinski definition) is 5. The second-order valence-corrected chi connectivity index (χ2v) is 5.23. The molecule has 7 nitrogen and oxygen atoms in total. The number of carboxylic acid groups (broad SMARTS) is 1. The highest BCUT2D eigenvalue weighted by molar-refractivity contribution is 6.30. The molecule has 0 bridgehead atoms. The number of rotatable bonds is 4. The van der Waals surface area contributed by atoms with Gasteiger partial charge >= 0.3 is 5.97 Å². The van der Waals surface area contributed by atoms with Crippen molar-refractivity contribution in [3.63, 3.8) is 0 Å². The fourth-order valence-corrected chi connectivity index (χ4v) is 2.51. The number of carbonyl (C=O) groups is 1. The van der Waals surface area contributed by atoms with Gasteiger partial charge in [0.05, 0.1) is 6.61 Å². The molecule has 0 radical (unpaired) electrons. The monoisotopic (exact) mass is 337 g/mol.